The number of carbonyl (C=O) groups is 1. The first-order chi connectivity index (χ1) is 14.3. The molecule has 0 N–H and O–H groups in total. The molecule has 1 atom stereocenters. The minimum absolute atomic E-state index is 0.0603. The SMILES string of the molecule is CCCCCc1nc(-c2ccc(Cl)cc2)cc(=O)n1CC(=O)CC1CCS(=O)(=O)C1. The molecule has 1 aliphatic rings. The van der Waals surface area contributed by atoms with Crippen LogP contribution in [0, 0.1) is 5.92 Å². The highest BCUT2D eigenvalue weighted by atomic mass is 35.5. The lowest BCUT2D eigenvalue weighted by atomic mass is 10.0. The van der Waals surface area contributed by atoms with E-state index >= 15 is 0 Å². The molecule has 2 aromatic rings. The van der Waals surface area contributed by atoms with Gasteiger partial charge in [0.2, 0.25) is 0 Å². The number of unbranched alkanes of at least 4 members (excludes halogenated alkanes) is 2. The van der Waals surface area contributed by atoms with E-state index in [1.165, 1.54) is 10.6 Å². The van der Waals surface area contributed by atoms with Crippen LogP contribution in [-0.2, 0) is 27.6 Å². The van der Waals surface area contributed by atoms with Crippen LogP contribution in [0.3, 0.4) is 0 Å². The van der Waals surface area contributed by atoms with E-state index in [0.717, 1.165) is 24.8 Å². The monoisotopic (exact) mass is 450 g/mol. The Bertz CT molecular complexity index is 1060. The molecule has 0 spiro atoms. The van der Waals surface area contributed by atoms with Crippen LogP contribution in [0.2, 0.25) is 5.02 Å². The summed E-state index contributed by atoms with van der Waals surface area (Å²) in [5.74, 6) is 0.517. The Balaban J connectivity index is 1.83. The van der Waals surface area contributed by atoms with E-state index in [2.05, 4.69) is 11.9 Å². The molecule has 1 fully saturated rings. The van der Waals surface area contributed by atoms with Gasteiger partial charge in [-0.15, -0.1) is 0 Å². The van der Waals surface area contributed by atoms with Crippen LogP contribution in [0.1, 0.15) is 44.9 Å². The van der Waals surface area contributed by atoms with Gasteiger partial charge < -0.3 is 0 Å². The lowest BCUT2D eigenvalue weighted by Gasteiger charge is -2.14. The largest absolute Gasteiger partial charge is 0.298 e. The van der Waals surface area contributed by atoms with Gasteiger partial charge in [0.1, 0.15) is 5.82 Å². The predicted molar refractivity (Wildman–Crippen MR) is 119 cm³/mol. The zero-order valence-electron chi connectivity index (χ0n) is 17.1. The Morgan fingerprint density at radius 2 is 1.97 bits per heavy atom. The second-order valence-electron chi connectivity index (χ2n) is 7.96. The second kappa shape index (κ2) is 9.88. The number of ketones is 1. The topological polar surface area (TPSA) is 86.1 Å². The van der Waals surface area contributed by atoms with Gasteiger partial charge in [-0.1, -0.05) is 43.5 Å². The van der Waals surface area contributed by atoms with Gasteiger partial charge in [-0.25, -0.2) is 13.4 Å². The minimum atomic E-state index is -3.03. The molecular formula is C22H27ClN2O4S. The van der Waals surface area contributed by atoms with Crippen LogP contribution in [0.15, 0.2) is 35.1 Å². The van der Waals surface area contributed by atoms with Gasteiger partial charge >= 0.3 is 0 Å². The predicted octanol–water partition coefficient (Wildman–Crippen LogP) is 3.69. The van der Waals surface area contributed by atoms with Crippen molar-refractivity contribution >= 4 is 27.2 Å². The Hall–Kier alpha value is -1.99. The molecule has 8 heteroatoms. The van der Waals surface area contributed by atoms with Gasteiger partial charge in [-0.05, 0) is 30.9 Å². The second-order valence-corrected chi connectivity index (χ2v) is 10.6. The van der Waals surface area contributed by atoms with E-state index in [1.54, 1.807) is 12.1 Å². The number of carbonyl (C=O) groups excluding carboxylic acids is 1. The maximum absolute atomic E-state index is 12.9. The van der Waals surface area contributed by atoms with Crippen molar-refractivity contribution in [1.82, 2.24) is 9.55 Å². The maximum Gasteiger partial charge on any atom is 0.254 e. The molecule has 30 heavy (non-hydrogen) atoms. The van der Waals surface area contributed by atoms with Crippen molar-refractivity contribution < 1.29 is 13.2 Å². The Morgan fingerprint density at radius 3 is 2.60 bits per heavy atom. The smallest absolute Gasteiger partial charge is 0.254 e. The van der Waals surface area contributed by atoms with Crippen LogP contribution in [0.25, 0.3) is 11.3 Å². The summed E-state index contributed by atoms with van der Waals surface area (Å²) in [6.45, 7) is 2.04. The molecule has 0 radical (unpaired) electrons. The summed E-state index contributed by atoms with van der Waals surface area (Å²) in [4.78, 5) is 30.2. The van der Waals surface area contributed by atoms with E-state index in [9.17, 15) is 18.0 Å². The summed E-state index contributed by atoms with van der Waals surface area (Å²) in [5.41, 5.74) is 1.09. The number of nitrogens with zero attached hydrogens (tertiary/aromatic N) is 2. The maximum atomic E-state index is 12.9. The first-order valence-corrected chi connectivity index (χ1v) is 12.6. The zero-order valence-corrected chi connectivity index (χ0v) is 18.7. The summed E-state index contributed by atoms with van der Waals surface area (Å²) >= 11 is 5.95. The minimum Gasteiger partial charge on any atom is -0.298 e. The van der Waals surface area contributed by atoms with Crippen LogP contribution in [-0.4, -0.2) is 35.3 Å². The number of benzene rings is 1. The molecule has 0 amide bonds. The Morgan fingerprint density at radius 1 is 1.23 bits per heavy atom. The first kappa shape index (κ1) is 22.7. The summed E-state index contributed by atoms with van der Waals surface area (Å²) in [6.07, 6.45) is 4.22. The highest BCUT2D eigenvalue weighted by Gasteiger charge is 2.29. The van der Waals surface area contributed by atoms with Crippen molar-refractivity contribution in [1.29, 1.82) is 0 Å². The summed E-state index contributed by atoms with van der Waals surface area (Å²) in [7, 11) is -3.03. The van der Waals surface area contributed by atoms with E-state index in [1.807, 2.05) is 12.1 Å². The molecule has 1 aromatic heterocycles. The lowest BCUT2D eigenvalue weighted by Crippen LogP contribution is -2.29. The van der Waals surface area contributed by atoms with Crippen molar-refractivity contribution in [2.75, 3.05) is 11.5 Å². The van der Waals surface area contributed by atoms with Gasteiger partial charge in [0, 0.05) is 29.5 Å². The normalized spacial score (nSPS) is 17.9. The van der Waals surface area contributed by atoms with E-state index in [0.29, 0.717) is 29.4 Å². The third kappa shape index (κ3) is 6.01. The highest BCUT2D eigenvalue weighted by Crippen LogP contribution is 2.23. The number of aryl methyl sites for hydroxylation is 1. The molecule has 3 rings (SSSR count). The highest BCUT2D eigenvalue weighted by molar-refractivity contribution is 7.91. The van der Waals surface area contributed by atoms with Crippen molar-refractivity contribution in [3.8, 4) is 11.3 Å². The van der Waals surface area contributed by atoms with Gasteiger partial charge in [0.25, 0.3) is 5.56 Å². The molecule has 1 saturated heterocycles. The number of hydrogen-bond acceptors (Lipinski definition) is 5. The van der Waals surface area contributed by atoms with Crippen molar-refractivity contribution in [2.45, 2.75) is 52.0 Å². The summed E-state index contributed by atoms with van der Waals surface area (Å²) in [5, 5.41) is 0.606. The van der Waals surface area contributed by atoms with Crippen LogP contribution < -0.4 is 5.56 Å². The number of hydrogen-bond donors (Lipinski definition) is 0. The van der Waals surface area contributed by atoms with Gasteiger partial charge in [-0.2, -0.15) is 0 Å². The van der Waals surface area contributed by atoms with Gasteiger partial charge in [0.05, 0.1) is 23.7 Å². The number of aromatic nitrogens is 2. The number of Topliss-reactive ketones (excluding diaryl/α,β-unsaturated/α-hetero) is 1. The molecule has 0 bridgehead atoms. The van der Waals surface area contributed by atoms with Crippen molar-refractivity contribution in [2.24, 2.45) is 5.92 Å². The van der Waals surface area contributed by atoms with E-state index < -0.39 is 9.84 Å². The Kier molecular flexibility index (Phi) is 7.47. The molecular weight excluding hydrogens is 424 g/mol. The fourth-order valence-corrected chi connectivity index (χ4v) is 5.80. The molecule has 2 heterocycles. The molecule has 0 aliphatic carbocycles. The fraction of sp³-hybridized carbons (Fsp3) is 0.500. The molecule has 1 aromatic carbocycles. The molecule has 1 aliphatic heterocycles. The molecule has 0 saturated carbocycles. The quantitative estimate of drug-likeness (QED) is 0.544. The number of halogens is 1. The van der Waals surface area contributed by atoms with Gasteiger partial charge in [0.15, 0.2) is 15.6 Å². The zero-order chi connectivity index (χ0) is 21.7. The first-order valence-electron chi connectivity index (χ1n) is 10.4. The van der Waals surface area contributed by atoms with Crippen LogP contribution in [0.4, 0.5) is 0 Å². The third-order valence-electron chi connectivity index (χ3n) is 5.41. The average Bonchev–Trinajstić information content (AvgIpc) is 3.03. The van der Waals surface area contributed by atoms with Gasteiger partial charge in [-0.3, -0.25) is 14.2 Å². The molecule has 6 nitrogen and oxygen atoms in total. The summed E-state index contributed by atoms with van der Waals surface area (Å²) in [6, 6.07) is 8.58. The van der Waals surface area contributed by atoms with E-state index in [4.69, 9.17) is 11.6 Å². The standard InChI is InChI=1S/C22H27ClN2O4S/c1-2-3-4-5-21-24-20(17-6-8-18(23)9-7-17)13-22(27)25(21)14-19(26)12-16-10-11-30(28,29)15-16/h6-9,13,16H,2-5,10-12,14-15H2,1H3. The van der Waals surface area contributed by atoms with Crippen LogP contribution in [0.5, 0.6) is 0 Å². The number of rotatable bonds is 9. The Labute approximate surface area is 182 Å². The van der Waals surface area contributed by atoms with Crippen LogP contribution >= 0.6 is 11.6 Å². The fourth-order valence-electron chi connectivity index (χ4n) is 3.81. The molecule has 1 unspecified atom stereocenters. The van der Waals surface area contributed by atoms with Crippen molar-refractivity contribution in [3.05, 3.63) is 51.5 Å². The summed E-state index contributed by atoms with van der Waals surface area (Å²) < 4.78 is 24.7. The lowest BCUT2D eigenvalue weighted by molar-refractivity contribution is -0.120. The van der Waals surface area contributed by atoms with E-state index in [-0.39, 0.29) is 41.7 Å². The average molecular weight is 451 g/mol. The van der Waals surface area contributed by atoms with Crippen molar-refractivity contribution in [3.63, 3.8) is 0 Å². The molecule has 162 valence electrons. The number of sulfone groups is 1. The third-order valence-corrected chi connectivity index (χ3v) is 7.50.